The van der Waals surface area contributed by atoms with E-state index in [9.17, 15) is 5.26 Å². The molecule has 0 atom stereocenters. The van der Waals surface area contributed by atoms with E-state index >= 15 is 0 Å². The van der Waals surface area contributed by atoms with Crippen molar-refractivity contribution in [3.05, 3.63) is 156 Å². The summed E-state index contributed by atoms with van der Waals surface area (Å²) in [5, 5.41) is 16.6. The molecule has 0 unspecified atom stereocenters. The number of aromatic nitrogens is 5. The predicted octanol–water partition coefficient (Wildman–Crippen LogP) is 10.0. The lowest BCUT2D eigenvalue weighted by Gasteiger charge is -2.26. The third kappa shape index (κ3) is 5.20. The number of aryl methyl sites for hydroxylation is 4. The maximum absolute atomic E-state index is 9.70. The summed E-state index contributed by atoms with van der Waals surface area (Å²) >= 11 is 0. The van der Waals surface area contributed by atoms with Crippen molar-refractivity contribution in [2.24, 2.45) is 0 Å². The molecule has 3 aromatic heterocycles. The normalized spacial score (nSPS) is 11.2. The number of nitriles is 1. The Balaban J connectivity index is 1.33. The number of anilines is 3. The van der Waals surface area contributed by atoms with Gasteiger partial charge in [-0.05, 0) is 106 Å². The Bertz CT molecular complexity index is 2530. The number of hydrogen-bond donors (Lipinski definition) is 0. The summed E-state index contributed by atoms with van der Waals surface area (Å²) < 4.78 is 4.16. The highest BCUT2D eigenvalue weighted by Crippen LogP contribution is 2.40. The molecule has 0 aliphatic heterocycles. The largest absolute Gasteiger partial charge is 0.310 e. The van der Waals surface area contributed by atoms with Gasteiger partial charge >= 0.3 is 0 Å². The van der Waals surface area contributed by atoms with Crippen molar-refractivity contribution in [1.29, 1.82) is 5.26 Å². The smallest absolute Gasteiger partial charge is 0.163 e. The van der Waals surface area contributed by atoms with Crippen molar-refractivity contribution in [2.45, 2.75) is 27.7 Å². The van der Waals surface area contributed by atoms with E-state index in [4.69, 9.17) is 15.1 Å². The highest BCUT2D eigenvalue weighted by Gasteiger charge is 2.21. The van der Waals surface area contributed by atoms with Gasteiger partial charge in [-0.1, -0.05) is 60.2 Å². The van der Waals surface area contributed by atoms with Gasteiger partial charge in [-0.2, -0.15) is 10.4 Å². The van der Waals surface area contributed by atoms with E-state index in [1.165, 1.54) is 5.56 Å². The van der Waals surface area contributed by atoms with Gasteiger partial charge in [0.25, 0.3) is 0 Å². The number of pyridine rings is 1. The number of fused-ring (bicyclic) bond motifs is 3. The molecule has 7 nitrogen and oxygen atoms in total. The molecule has 0 amide bonds. The van der Waals surface area contributed by atoms with Crippen molar-refractivity contribution in [1.82, 2.24) is 24.3 Å². The molecule has 0 bridgehead atoms. The monoisotopic (exact) mass is 635 g/mol. The predicted molar refractivity (Wildman–Crippen MR) is 197 cm³/mol. The number of hydrogen-bond acceptors (Lipinski definition) is 5. The molecule has 3 heterocycles. The van der Waals surface area contributed by atoms with E-state index in [1.807, 2.05) is 60.3 Å². The Labute approximate surface area is 285 Å². The first-order chi connectivity index (χ1) is 23.9. The summed E-state index contributed by atoms with van der Waals surface area (Å²) in [4.78, 5) is 11.9. The van der Waals surface area contributed by atoms with Crippen molar-refractivity contribution >= 4 is 38.9 Å². The quantitative estimate of drug-likeness (QED) is 0.182. The number of benzene rings is 5. The summed E-state index contributed by atoms with van der Waals surface area (Å²) in [6.07, 6.45) is 1.81. The molecular formula is C42H33N7. The Morgan fingerprint density at radius 2 is 1.41 bits per heavy atom. The Kier molecular flexibility index (Phi) is 7.27. The van der Waals surface area contributed by atoms with Crippen LogP contribution >= 0.6 is 0 Å². The molecule has 0 fully saturated rings. The van der Waals surface area contributed by atoms with E-state index < -0.39 is 0 Å². The lowest BCUT2D eigenvalue weighted by molar-refractivity contribution is 0.854. The molecule has 5 aromatic carbocycles. The van der Waals surface area contributed by atoms with Gasteiger partial charge in [-0.15, -0.1) is 0 Å². The third-order valence-corrected chi connectivity index (χ3v) is 8.95. The molecule has 0 aliphatic rings. The summed E-state index contributed by atoms with van der Waals surface area (Å²) in [5.41, 5.74) is 11.2. The molecule has 0 spiro atoms. The van der Waals surface area contributed by atoms with Crippen molar-refractivity contribution < 1.29 is 0 Å². The number of para-hydroxylation sites is 1. The van der Waals surface area contributed by atoms with Gasteiger partial charge in [-0.3, -0.25) is 4.57 Å². The van der Waals surface area contributed by atoms with Gasteiger partial charge in [0.05, 0.1) is 28.4 Å². The zero-order valence-corrected chi connectivity index (χ0v) is 27.8. The first kappa shape index (κ1) is 29.9. The minimum atomic E-state index is 0.624. The van der Waals surface area contributed by atoms with Crippen LogP contribution in [0.1, 0.15) is 28.1 Å². The van der Waals surface area contributed by atoms with Crippen LogP contribution in [0.25, 0.3) is 44.7 Å². The maximum atomic E-state index is 9.70. The highest BCUT2D eigenvalue weighted by molar-refractivity contribution is 6.10. The zero-order chi connectivity index (χ0) is 33.6. The Morgan fingerprint density at radius 3 is 2.16 bits per heavy atom. The average Bonchev–Trinajstić information content (AvgIpc) is 3.65. The average molecular weight is 636 g/mol. The Morgan fingerprint density at radius 1 is 0.653 bits per heavy atom. The summed E-state index contributed by atoms with van der Waals surface area (Å²) in [7, 11) is 0. The van der Waals surface area contributed by atoms with Crippen LogP contribution in [0.3, 0.4) is 0 Å². The topological polar surface area (TPSA) is 75.6 Å². The molecule has 0 saturated carbocycles. The van der Waals surface area contributed by atoms with Crippen LogP contribution in [0, 0.1) is 39.0 Å². The number of rotatable bonds is 6. The standard InChI is InChI=1S/C42H33N7/c1-27-21-28(2)41(29(3)22-27)49-42(45-30(4)46-49)32-11-10-14-34(24-32)47(33-12-6-5-7-13-33)35-17-18-36-37-23-31(26-43)16-19-38(37)48(39(36)25-35)40-15-8-9-20-44-40/h5-25H,1-4H3. The van der Waals surface area contributed by atoms with Crippen LogP contribution in [0.5, 0.6) is 0 Å². The maximum Gasteiger partial charge on any atom is 0.163 e. The summed E-state index contributed by atoms with van der Waals surface area (Å²) in [6, 6.07) is 43.8. The van der Waals surface area contributed by atoms with Gasteiger partial charge in [0, 0.05) is 39.6 Å². The van der Waals surface area contributed by atoms with E-state index in [-0.39, 0.29) is 0 Å². The molecule has 0 radical (unpaired) electrons. The molecular weight excluding hydrogens is 603 g/mol. The van der Waals surface area contributed by atoms with Crippen LogP contribution < -0.4 is 4.90 Å². The SMILES string of the molecule is Cc1cc(C)c(-n2nc(C)nc2-c2cccc(N(c3ccccc3)c3ccc4c5cc(C#N)ccc5n(-c5ccccn5)c4c3)c2)c(C)c1. The van der Waals surface area contributed by atoms with E-state index in [0.29, 0.717) is 11.4 Å². The molecule has 236 valence electrons. The third-order valence-electron chi connectivity index (χ3n) is 8.95. The van der Waals surface area contributed by atoms with Crippen LogP contribution in [0.15, 0.2) is 128 Å². The van der Waals surface area contributed by atoms with Gasteiger partial charge in [0.1, 0.15) is 11.6 Å². The Hall–Kier alpha value is -6.52. The lowest BCUT2D eigenvalue weighted by atomic mass is 10.0. The molecule has 49 heavy (non-hydrogen) atoms. The van der Waals surface area contributed by atoms with Gasteiger partial charge in [0.2, 0.25) is 0 Å². The molecule has 0 aliphatic carbocycles. The minimum absolute atomic E-state index is 0.624. The first-order valence-corrected chi connectivity index (χ1v) is 16.3. The van der Waals surface area contributed by atoms with E-state index in [0.717, 1.165) is 72.9 Å². The fourth-order valence-electron chi connectivity index (χ4n) is 7.02. The van der Waals surface area contributed by atoms with Crippen molar-refractivity contribution in [3.8, 4) is 29.0 Å². The van der Waals surface area contributed by atoms with Gasteiger partial charge in [0.15, 0.2) is 5.82 Å². The van der Waals surface area contributed by atoms with E-state index in [1.54, 1.807) is 0 Å². The summed E-state index contributed by atoms with van der Waals surface area (Å²) in [5.74, 6) is 2.32. The van der Waals surface area contributed by atoms with Crippen LogP contribution in [0.4, 0.5) is 17.1 Å². The van der Waals surface area contributed by atoms with E-state index in [2.05, 4.69) is 115 Å². The summed E-state index contributed by atoms with van der Waals surface area (Å²) in [6.45, 7) is 8.32. The highest BCUT2D eigenvalue weighted by atomic mass is 15.4. The van der Waals surface area contributed by atoms with Crippen LogP contribution in [-0.2, 0) is 0 Å². The second-order valence-corrected chi connectivity index (χ2v) is 12.4. The molecule has 7 heteroatoms. The lowest BCUT2D eigenvalue weighted by Crippen LogP contribution is -2.10. The van der Waals surface area contributed by atoms with Gasteiger partial charge < -0.3 is 4.90 Å². The minimum Gasteiger partial charge on any atom is -0.310 e. The van der Waals surface area contributed by atoms with Crippen molar-refractivity contribution in [2.75, 3.05) is 4.90 Å². The second kappa shape index (κ2) is 11.9. The number of nitrogens with zero attached hydrogens (tertiary/aromatic N) is 7. The van der Waals surface area contributed by atoms with Crippen LogP contribution in [0.2, 0.25) is 0 Å². The van der Waals surface area contributed by atoms with Gasteiger partial charge in [-0.25, -0.2) is 14.6 Å². The van der Waals surface area contributed by atoms with Crippen LogP contribution in [-0.4, -0.2) is 24.3 Å². The molecule has 8 aromatic rings. The molecule has 0 N–H and O–H groups in total. The fraction of sp³-hybridized carbons (Fsp3) is 0.0952. The zero-order valence-electron chi connectivity index (χ0n) is 27.8. The fourth-order valence-corrected chi connectivity index (χ4v) is 7.02. The molecule has 0 saturated heterocycles. The molecule has 8 rings (SSSR count). The second-order valence-electron chi connectivity index (χ2n) is 12.4. The first-order valence-electron chi connectivity index (χ1n) is 16.3. The van der Waals surface area contributed by atoms with Crippen molar-refractivity contribution in [3.63, 3.8) is 0 Å².